The summed E-state index contributed by atoms with van der Waals surface area (Å²) in [5.41, 5.74) is 8.59. The number of aliphatic hydroxyl groups excluding tert-OH is 1. The largest absolute Gasteiger partial charge is 0.463 e. The highest BCUT2D eigenvalue weighted by Crippen LogP contribution is 2.33. The number of nitrogens with zero attached hydrogens (tertiary/aromatic N) is 3. The van der Waals surface area contributed by atoms with E-state index in [0.717, 1.165) is 41.5 Å². The molecule has 20 nitrogen and oxygen atoms in total. The molecule has 0 radical (unpaired) electrons. The number of hydrogen-bond donors (Lipinski definition) is 2. The second-order valence-corrected chi connectivity index (χ2v) is 10.1. The lowest BCUT2D eigenvalue weighted by Gasteiger charge is -2.48. The Bertz CT molecular complexity index is 1160. The van der Waals surface area contributed by atoms with Crippen molar-refractivity contribution in [3.05, 3.63) is 10.4 Å². The number of rotatable bonds is 14. The molecule has 10 atom stereocenters. The predicted octanol–water partition coefficient (Wildman–Crippen LogP) is -1.06. The van der Waals surface area contributed by atoms with Gasteiger partial charge in [-0.15, -0.1) is 0 Å². The van der Waals surface area contributed by atoms with Crippen molar-refractivity contribution in [2.75, 3.05) is 26.4 Å². The first-order valence-electron chi connectivity index (χ1n) is 14.0. The van der Waals surface area contributed by atoms with Crippen molar-refractivity contribution in [2.24, 2.45) is 5.11 Å². The molecule has 2 N–H and O–H groups in total. The molecule has 2 aliphatic heterocycles. The highest BCUT2D eigenvalue weighted by Gasteiger charge is 2.55. The van der Waals surface area contributed by atoms with E-state index in [1.807, 2.05) is 0 Å². The van der Waals surface area contributed by atoms with Crippen molar-refractivity contribution in [1.29, 1.82) is 0 Å². The van der Waals surface area contributed by atoms with Gasteiger partial charge in [0, 0.05) is 53.0 Å². The summed E-state index contributed by atoms with van der Waals surface area (Å²) in [6, 6.07) is -1.29. The van der Waals surface area contributed by atoms with Crippen LogP contribution in [0.4, 0.5) is 0 Å². The zero-order chi connectivity index (χ0) is 34.6. The standard InChI is InChI=1S/C26H38N4O16/c1-11(31)29-19-23(42-15(5)35)22(18(10-40-13(3)33)44-25(19)38-8-7-28-30-27)46-26-24(43-16(6)36)20(37)21(41-14(4)34)17(45-26)9-39-12(2)32/h17-26,37H,7-10H2,1-6H3,(H,29,31)/t17-,18+,19+,20+,21+,22+,23+,24-,25+,26+/m1/s1. The van der Waals surface area contributed by atoms with Gasteiger partial charge < -0.3 is 53.1 Å². The fourth-order valence-electron chi connectivity index (χ4n) is 4.67. The van der Waals surface area contributed by atoms with Gasteiger partial charge >= 0.3 is 29.8 Å². The summed E-state index contributed by atoms with van der Waals surface area (Å²) in [4.78, 5) is 74.4. The van der Waals surface area contributed by atoms with Crippen molar-refractivity contribution in [1.82, 2.24) is 5.32 Å². The highest BCUT2D eigenvalue weighted by molar-refractivity contribution is 5.73. The smallest absolute Gasteiger partial charge is 0.303 e. The molecule has 46 heavy (non-hydrogen) atoms. The summed E-state index contributed by atoms with van der Waals surface area (Å²) in [6.45, 7) is 5.11. The van der Waals surface area contributed by atoms with Gasteiger partial charge in [-0.25, -0.2) is 0 Å². The third-order valence-corrected chi connectivity index (χ3v) is 6.27. The van der Waals surface area contributed by atoms with Crippen molar-refractivity contribution in [3.8, 4) is 0 Å². The van der Waals surface area contributed by atoms with Crippen LogP contribution in [0.1, 0.15) is 41.5 Å². The number of esters is 5. The summed E-state index contributed by atoms with van der Waals surface area (Å²) in [5, 5.41) is 17.1. The Morgan fingerprint density at radius 2 is 1.24 bits per heavy atom. The highest BCUT2D eigenvalue weighted by atomic mass is 16.8. The number of nitrogens with one attached hydrogen (secondary N) is 1. The minimum absolute atomic E-state index is 0.138. The number of hydrogen-bond acceptors (Lipinski definition) is 17. The van der Waals surface area contributed by atoms with Gasteiger partial charge in [-0.05, 0) is 5.53 Å². The van der Waals surface area contributed by atoms with Crippen LogP contribution in [0.15, 0.2) is 5.11 Å². The average Bonchev–Trinajstić information content (AvgIpc) is 2.94. The molecule has 0 spiro atoms. The first-order valence-corrected chi connectivity index (χ1v) is 14.0. The van der Waals surface area contributed by atoms with Gasteiger partial charge in [0.15, 0.2) is 30.9 Å². The molecule has 258 valence electrons. The Labute approximate surface area is 262 Å². The zero-order valence-electron chi connectivity index (χ0n) is 26.0. The molecule has 0 saturated carbocycles. The van der Waals surface area contributed by atoms with Crippen LogP contribution in [0.2, 0.25) is 0 Å². The summed E-state index contributed by atoms with van der Waals surface area (Å²) in [5.74, 6) is -4.68. The number of ether oxygens (including phenoxy) is 9. The monoisotopic (exact) mass is 662 g/mol. The first kappa shape index (κ1) is 38.1. The van der Waals surface area contributed by atoms with E-state index in [2.05, 4.69) is 15.3 Å². The number of carbonyl (C=O) groups excluding carboxylic acids is 6. The Kier molecular flexibility index (Phi) is 15.1. The zero-order valence-corrected chi connectivity index (χ0v) is 26.0. The fourth-order valence-corrected chi connectivity index (χ4v) is 4.67. The van der Waals surface area contributed by atoms with Crippen LogP contribution in [0.3, 0.4) is 0 Å². The van der Waals surface area contributed by atoms with E-state index in [9.17, 15) is 33.9 Å². The first-order chi connectivity index (χ1) is 21.6. The van der Waals surface area contributed by atoms with Crippen LogP contribution >= 0.6 is 0 Å². The van der Waals surface area contributed by atoms with E-state index in [1.54, 1.807) is 0 Å². The Morgan fingerprint density at radius 1 is 0.739 bits per heavy atom. The van der Waals surface area contributed by atoms with Crippen LogP contribution in [-0.4, -0.2) is 129 Å². The SMILES string of the molecule is CC(=O)N[C@@H]1[C@@H](OCCN=[N+]=[N-])O[C@@H](COC(C)=O)[C@H](O[C@@H]2O[C@H](COC(C)=O)[C@H](OC(C)=O)[C@H](O)[C@H]2OC(C)=O)[C@H]1OC(C)=O. The fraction of sp³-hybridized carbons (Fsp3) is 0.769. The molecule has 0 bridgehead atoms. The van der Waals surface area contributed by atoms with Gasteiger partial charge in [0.05, 0.1) is 6.61 Å². The molecular formula is C26H38N4O16. The van der Waals surface area contributed by atoms with Crippen LogP contribution in [0.25, 0.3) is 10.4 Å². The molecule has 1 amide bonds. The number of aliphatic hydroxyl groups is 1. The summed E-state index contributed by atoms with van der Waals surface area (Å²) in [6.07, 6.45) is -13.8. The molecule has 0 unspecified atom stereocenters. The van der Waals surface area contributed by atoms with Crippen LogP contribution in [-0.2, 0) is 71.4 Å². The molecular weight excluding hydrogens is 624 g/mol. The lowest BCUT2D eigenvalue weighted by Crippen LogP contribution is -2.69. The second kappa shape index (κ2) is 18.2. The van der Waals surface area contributed by atoms with E-state index in [0.29, 0.717) is 0 Å². The molecule has 0 aromatic rings. The lowest BCUT2D eigenvalue weighted by molar-refractivity contribution is -0.349. The third kappa shape index (κ3) is 11.7. The van der Waals surface area contributed by atoms with Crippen molar-refractivity contribution >= 4 is 35.8 Å². The summed E-state index contributed by atoms with van der Waals surface area (Å²) >= 11 is 0. The molecule has 0 aromatic carbocycles. The molecule has 0 aliphatic carbocycles. The quantitative estimate of drug-likeness (QED) is 0.0560. The number of carbonyl (C=O) groups is 6. The van der Waals surface area contributed by atoms with E-state index in [4.69, 9.17) is 48.2 Å². The molecule has 20 heteroatoms. The second-order valence-electron chi connectivity index (χ2n) is 10.1. The van der Waals surface area contributed by atoms with Gasteiger partial charge in [-0.2, -0.15) is 0 Å². The normalized spacial score (nSPS) is 30.5. The van der Waals surface area contributed by atoms with Gasteiger partial charge in [0.25, 0.3) is 0 Å². The van der Waals surface area contributed by atoms with Crippen LogP contribution in [0.5, 0.6) is 0 Å². The number of amides is 1. The van der Waals surface area contributed by atoms with Crippen LogP contribution in [0, 0.1) is 0 Å². The summed E-state index contributed by atoms with van der Waals surface area (Å²) < 4.78 is 49.9. The minimum atomic E-state index is -1.81. The molecule has 2 saturated heterocycles. The van der Waals surface area contributed by atoms with Gasteiger partial charge in [0.2, 0.25) is 5.91 Å². The van der Waals surface area contributed by atoms with E-state index in [-0.39, 0.29) is 13.2 Å². The van der Waals surface area contributed by atoms with Crippen molar-refractivity contribution in [3.63, 3.8) is 0 Å². The average molecular weight is 663 g/mol. The Morgan fingerprint density at radius 3 is 1.74 bits per heavy atom. The van der Waals surface area contributed by atoms with E-state index in [1.165, 1.54) is 0 Å². The maximum absolute atomic E-state index is 12.3. The molecule has 2 aliphatic rings. The topological polar surface area (TPSA) is 267 Å². The molecule has 0 aromatic heterocycles. The van der Waals surface area contributed by atoms with Crippen molar-refractivity contribution in [2.45, 2.75) is 103 Å². The third-order valence-electron chi connectivity index (χ3n) is 6.27. The number of azide groups is 1. The maximum atomic E-state index is 12.3. The summed E-state index contributed by atoms with van der Waals surface area (Å²) in [7, 11) is 0. The minimum Gasteiger partial charge on any atom is -0.463 e. The predicted molar refractivity (Wildman–Crippen MR) is 146 cm³/mol. The van der Waals surface area contributed by atoms with Gasteiger partial charge in [-0.1, -0.05) is 5.11 Å². The van der Waals surface area contributed by atoms with E-state index >= 15 is 0 Å². The molecule has 2 heterocycles. The molecule has 2 fully saturated rings. The van der Waals surface area contributed by atoms with Gasteiger partial charge in [0.1, 0.15) is 43.7 Å². The van der Waals surface area contributed by atoms with Gasteiger partial charge in [-0.3, -0.25) is 28.8 Å². The van der Waals surface area contributed by atoms with Crippen LogP contribution < -0.4 is 5.32 Å². The Balaban J connectivity index is 2.60. The Hall–Kier alpha value is -4.07. The van der Waals surface area contributed by atoms with E-state index < -0.39 is 110 Å². The maximum Gasteiger partial charge on any atom is 0.303 e. The van der Waals surface area contributed by atoms with Crippen molar-refractivity contribution < 1.29 is 76.5 Å². The molecule has 2 rings (SSSR count). The lowest BCUT2D eigenvalue weighted by atomic mass is 9.95.